The van der Waals surface area contributed by atoms with Gasteiger partial charge < -0.3 is 19.4 Å². The average Bonchev–Trinajstić information content (AvgIpc) is 3.33. The molecule has 0 aliphatic heterocycles. The van der Waals surface area contributed by atoms with Gasteiger partial charge >= 0.3 is 13.8 Å². The topological polar surface area (TPSA) is 111 Å². The SMILES string of the molecule is CC/C=C/C=C/C=C\CCCCCCCC(=O)OC(/C=C/CCCCCCCCCCC)C(COP(=O)(O)OCC[N+](C)(C)C)NC(=O)CCCCCCCCCCCCCCCCCCCCCCC. The maximum Gasteiger partial charge on any atom is 0.472 e. The van der Waals surface area contributed by atoms with Gasteiger partial charge in [-0.2, -0.15) is 0 Å². The van der Waals surface area contributed by atoms with Crippen molar-refractivity contribution in [2.75, 3.05) is 40.9 Å². The Balaban J connectivity index is 5.17. The maximum atomic E-state index is 13.5. The molecule has 0 aliphatic rings. The van der Waals surface area contributed by atoms with Crippen LogP contribution in [0.25, 0.3) is 0 Å². The molecule has 2 N–H and O–H groups in total. The summed E-state index contributed by atoms with van der Waals surface area (Å²) in [7, 11) is 1.49. The summed E-state index contributed by atoms with van der Waals surface area (Å²) in [6, 6.07) is -0.853. The van der Waals surface area contributed by atoms with Crippen LogP contribution in [0.2, 0.25) is 0 Å². The number of quaternary nitrogens is 1. The minimum absolute atomic E-state index is 0.0375. The Morgan fingerprint density at radius 2 is 0.901 bits per heavy atom. The molecule has 0 saturated heterocycles. The number of phosphoric ester groups is 1. The quantitative estimate of drug-likeness (QED) is 0.0156. The Bertz CT molecular complexity index is 1360. The Morgan fingerprint density at radius 3 is 1.34 bits per heavy atom. The number of ether oxygens (including phenoxy) is 1. The summed E-state index contributed by atoms with van der Waals surface area (Å²) < 4.78 is 30.6. The third kappa shape index (κ3) is 52.6. The molecule has 71 heavy (non-hydrogen) atoms. The van der Waals surface area contributed by atoms with Crippen LogP contribution in [0.3, 0.4) is 0 Å². The van der Waals surface area contributed by atoms with Crippen LogP contribution in [0, 0.1) is 0 Å². The molecule has 0 fully saturated rings. The number of hydrogen-bond donors (Lipinski definition) is 2. The fourth-order valence-electron chi connectivity index (χ4n) is 8.71. The van der Waals surface area contributed by atoms with Gasteiger partial charge in [0.15, 0.2) is 0 Å². The van der Waals surface area contributed by atoms with E-state index in [0.29, 0.717) is 17.4 Å². The summed E-state index contributed by atoms with van der Waals surface area (Å²) in [5.41, 5.74) is 0. The minimum atomic E-state index is -4.45. The molecule has 0 radical (unpaired) electrons. The molecule has 3 atom stereocenters. The van der Waals surface area contributed by atoms with Gasteiger partial charge in [0.2, 0.25) is 5.91 Å². The second-order valence-electron chi connectivity index (χ2n) is 21.6. The number of phosphoric acid groups is 1. The van der Waals surface area contributed by atoms with Gasteiger partial charge in [-0.1, -0.05) is 262 Å². The summed E-state index contributed by atoms with van der Waals surface area (Å²) >= 11 is 0. The van der Waals surface area contributed by atoms with Gasteiger partial charge in [0, 0.05) is 12.8 Å². The molecule has 0 rings (SSSR count). The van der Waals surface area contributed by atoms with Crippen molar-refractivity contribution in [1.29, 1.82) is 0 Å². The second-order valence-corrected chi connectivity index (χ2v) is 23.0. The van der Waals surface area contributed by atoms with E-state index in [-0.39, 0.29) is 31.5 Å². The van der Waals surface area contributed by atoms with Gasteiger partial charge in [-0.05, 0) is 51.0 Å². The average molecular weight is 1020 g/mol. The van der Waals surface area contributed by atoms with Crippen LogP contribution in [0.1, 0.15) is 278 Å². The first kappa shape index (κ1) is 69.0. The number of hydrogen-bond acceptors (Lipinski definition) is 6. The number of allylic oxidation sites excluding steroid dienone is 7. The zero-order chi connectivity index (χ0) is 52.2. The number of likely N-dealkylation sites (N-methyl/N-ethyl adjacent to an activating group) is 1. The highest BCUT2D eigenvalue weighted by Crippen LogP contribution is 2.43. The normalized spacial score (nSPS) is 14.1. The fourth-order valence-corrected chi connectivity index (χ4v) is 9.44. The molecule has 1 amide bonds. The monoisotopic (exact) mass is 1020 g/mol. The molecule has 9 nitrogen and oxygen atoms in total. The second kappa shape index (κ2) is 51.5. The zero-order valence-electron chi connectivity index (χ0n) is 47.5. The smallest absolute Gasteiger partial charge is 0.456 e. The first-order chi connectivity index (χ1) is 34.4. The molecule has 0 bridgehead atoms. The van der Waals surface area contributed by atoms with Gasteiger partial charge in [0.25, 0.3) is 0 Å². The number of rotatable bonds is 54. The van der Waals surface area contributed by atoms with Crippen LogP contribution >= 0.6 is 7.82 Å². The van der Waals surface area contributed by atoms with E-state index < -0.39 is 20.0 Å². The van der Waals surface area contributed by atoms with E-state index in [4.69, 9.17) is 13.8 Å². The Morgan fingerprint density at radius 1 is 0.507 bits per heavy atom. The lowest BCUT2D eigenvalue weighted by Crippen LogP contribution is -2.47. The van der Waals surface area contributed by atoms with E-state index in [1.165, 1.54) is 161 Å². The molecule has 416 valence electrons. The van der Waals surface area contributed by atoms with Crippen molar-refractivity contribution >= 4 is 19.7 Å². The standard InChI is InChI=1S/C61H115N2O7P/c1-7-10-13-16-19-22-25-27-28-29-30-31-32-33-34-36-38-41-44-47-50-53-60(64)62-58(57-69-71(66,67)68-56-55-63(4,5)6)59(52-49-46-43-40-37-24-21-18-15-12-9-3)70-61(65)54-51-48-45-42-39-35-26-23-20-17-14-11-8-2/h11,14,17,20,23,26,49,52,58-59H,7-10,12-13,15-16,18-19,21-22,24-25,27-48,50-51,53-57H2,1-6H3,(H-,62,64,66,67)/p+1/b14-11+,20-17+,26-23-,52-49+. The first-order valence-corrected chi connectivity index (χ1v) is 31.5. The summed E-state index contributed by atoms with van der Waals surface area (Å²) in [6.07, 6.45) is 62.6. The fraction of sp³-hybridized carbons (Fsp3) is 0.836. The lowest BCUT2D eigenvalue weighted by molar-refractivity contribution is -0.870. The summed E-state index contributed by atoms with van der Waals surface area (Å²) in [4.78, 5) is 37.6. The summed E-state index contributed by atoms with van der Waals surface area (Å²) in [6.45, 7) is 6.88. The van der Waals surface area contributed by atoms with Crippen molar-refractivity contribution in [2.45, 2.75) is 290 Å². The number of esters is 1. The molecule has 0 aromatic carbocycles. The van der Waals surface area contributed by atoms with Crippen molar-refractivity contribution in [3.8, 4) is 0 Å². The van der Waals surface area contributed by atoms with Crippen molar-refractivity contribution in [2.24, 2.45) is 0 Å². The number of nitrogens with zero attached hydrogens (tertiary/aromatic N) is 1. The number of nitrogens with one attached hydrogen (secondary N) is 1. The van der Waals surface area contributed by atoms with Crippen LogP contribution < -0.4 is 5.32 Å². The molecule has 10 heteroatoms. The molecule has 0 aromatic heterocycles. The van der Waals surface area contributed by atoms with Crippen molar-refractivity contribution < 1.29 is 37.3 Å². The van der Waals surface area contributed by atoms with Crippen LogP contribution in [-0.4, -0.2) is 74.3 Å². The first-order valence-electron chi connectivity index (χ1n) is 30.0. The molecular formula is C61H116N2O7P+. The number of amides is 1. The Labute approximate surface area is 439 Å². The summed E-state index contributed by atoms with van der Waals surface area (Å²) in [5, 5.41) is 3.05. The van der Waals surface area contributed by atoms with Crippen LogP contribution in [-0.2, 0) is 27.9 Å². The van der Waals surface area contributed by atoms with Gasteiger partial charge in [-0.25, -0.2) is 4.57 Å². The lowest BCUT2D eigenvalue weighted by atomic mass is 10.0. The van der Waals surface area contributed by atoms with Crippen molar-refractivity contribution in [1.82, 2.24) is 5.32 Å². The van der Waals surface area contributed by atoms with Crippen molar-refractivity contribution in [3.63, 3.8) is 0 Å². The predicted octanol–water partition coefficient (Wildman–Crippen LogP) is 18.1. The number of carbonyl (C=O) groups is 2. The molecular weight excluding hydrogens is 904 g/mol. The highest BCUT2D eigenvalue weighted by Gasteiger charge is 2.30. The van der Waals surface area contributed by atoms with Gasteiger partial charge in [0.1, 0.15) is 19.3 Å². The molecule has 0 aliphatic carbocycles. The molecule has 0 saturated carbocycles. The van der Waals surface area contributed by atoms with Crippen molar-refractivity contribution in [3.05, 3.63) is 48.6 Å². The van der Waals surface area contributed by atoms with E-state index >= 15 is 0 Å². The zero-order valence-corrected chi connectivity index (χ0v) is 48.4. The third-order valence-electron chi connectivity index (χ3n) is 13.3. The molecule has 0 heterocycles. The largest absolute Gasteiger partial charge is 0.472 e. The van der Waals surface area contributed by atoms with E-state index in [1.54, 1.807) is 0 Å². The van der Waals surface area contributed by atoms with Gasteiger partial charge in [-0.15, -0.1) is 0 Å². The van der Waals surface area contributed by atoms with E-state index in [9.17, 15) is 19.0 Å². The maximum absolute atomic E-state index is 13.5. The van der Waals surface area contributed by atoms with E-state index in [0.717, 1.165) is 83.5 Å². The molecule has 0 aromatic rings. The Hall–Kier alpha value is -2.03. The summed E-state index contributed by atoms with van der Waals surface area (Å²) in [5.74, 6) is -0.521. The molecule has 0 spiro atoms. The number of unbranched alkanes of at least 4 members (excludes halogenated alkanes) is 34. The predicted molar refractivity (Wildman–Crippen MR) is 305 cm³/mol. The van der Waals surface area contributed by atoms with Gasteiger partial charge in [-0.3, -0.25) is 18.6 Å². The molecule has 3 unspecified atom stereocenters. The highest BCUT2D eigenvalue weighted by molar-refractivity contribution is 7.47. The highest BCUT2D eigenvalue weighted by atomic mass is 31.2. The van der Waals surface area contributed by atoms with Crippen LogP contribution in [0.5, 0.6) is 0 Å². The van der Waals surface area contributed by atoms with E-state index in [1.807, 2.05) is 33.3 Å². The third-order valence-corrected chi connectivity index (χ3v) is 14.3. The minimum Gasteiger partial charge on any atom is -0.456 e. The lowest BCUT2D eigenvalue weighted by Gasteiger charge is -2.27. The van der Waals surface area contributed by atoms with Gasteiger partial charge in [0.05, 0.1) is 33.8 Å². The van der Waals surface area contributed by atoms with E-state index in [2.05, 4.69) is 62.5 Å². The Kier molecular flexibility index (Phi) is 50.0. The van der Waals surface area contributed by atoms with Crippen LogP contribution in [0.15, 0.2) is 48.6 Å². The van der Waals surface area contributed by atoms with Crippen LogP contribution in [0.4, 0.5) is 0 Å². The number of carbonyl (C=O) groups excluding carboxylic acids is 2.